The highest BCUT2D eigenvalue weighted by Crippen LogP contribution is 2.07. The zero-order chi connectivity index (χ0) is 13.3. The summed E-state index contributed by atoms with van der Waals surface area (Å²) >= 11 is 0. The van der Waals surface area contributed by atoms with Crippen molar-refractivity contribution in [3.8, 4) is 0 Å². The Bertz CT molecular complexity index is 158. The van der Waals surface area contributed by atoms with E-state index >= 15 is 0 Å². The molecule has 0 aromatic carbocycles. The van der Waals surface area contributed by atoms with E-state index in [1.807, 2.05) is 0 Å². The summed E-state index contributed by atoms with van der Waals surface area (Å²) in [6.45, 7) is 18.2. The van der Waals surface area contributed by atoms with E-state index in [-0.39, 0.29) is 9.68 Å². The normalized spacial score (nSPS) is 14.6. The molecule has 0 saturated carbocycles. The summed E-state index contributed by atoms with van der Waals surface area (Å²) in [5.74, 6) is 0. The summed E-state index contributed by atoms with van der Waals surface area (Å²) < 4.78 is 0. The Morgan fingerprint density at radius 1 is 0.882 bits per heavy atom. The molecule has 1 N–H and O–H groups in total. The average Bonchev–Trinajstić information content (AvgIpc) is 2.37. The van der Waals surface area contributed by atoms with Crippen molar-refractivity contribution in [3.05, 3.63) is 0 Å². The highest BCUT2D eigenvalue weighted by molar-refractivity contribution is 6.34. The SMILES string of the molecule is CCC(C)[SiH2]NC(N(CC)CC)N(CC)CC. The maximum Gasteiger partial charge on any atom is 0.110 e. The van der Waals surface area contributed by atoms with Crippen molar-refractivity contribution in [2.24, 2.45) is 0 Å². The molecular weight excluding hydrogens is 226 g/mol. The Morgan fingerprint density at radius 2 is 1.29 bits per heavy atom. The molecule has 0 aliphatic carbocycles. The Labute approximate surface area is 111 Å². The molecule has 104 valence electrons. The number of rotatable bonds is 10. The second kappa shape index (κ2) is 10.1. The number of hydrogen-bond acceptors (Lipinski definition) is 3. The Hall–Kier alpha value is 0.0969. The minimum absolute atomic E-state index is 0.168. The van der Waals surface area contributed by atoms with Gasteiger partial charge in [0.2, 0.25) is 0 Å². The number of nitrogens with one attached hydrogen (secondary N) is 1. The van der Waals surface area contributed by atoms with Crippen LogP contribution in [0.4, 0.5) is 0 Å². The summed E-state index contributed by atoms with van der Waals surface area (Å²) in [7, 11) is -0.168. The van der Waals surface area contributed by atoms with Crippen molar-refractivity contribution in [2.45, 2.75) is 59.8 Å². The summed E-state index contributed by atoms with van der Waals surface area (Å²) in [6, 6.07) is 0. The third-order valence-electron chi connectivity index (χ3n) is 3.66. The highest BCUT2D eigenvalue weighted by Gasteiger charge is 2.20. The molecule has 17 heavy (non-hydrogen) atoms. The molecule has 0 rings (SSSR count). The van der Waals surface area contributed by atoms with Gasteiger partial charge in [-0.3, -0.25) is 9.80 Å². The fraction of sp³-hybridized carbons (Fsp3) is 1.00. The molecule has 0 spiro atoms. The first-order chi connectivity index (χ1) is 8.14. The first kappa shape index (κ1) is 17.1. The van der Waals surface area contributed by atoms with E-state index in [2.05, 4.69) is 56.3 Å². The first-order valence-electron chi connectivity index (χ1n) is 7.35. The van der Waals surface area contributed by atoms with Crippen LogP contribution in [0.5, 0.6) is 0 Å². The Kier molecular flexibility index (Phi) is 10.1. The molecule has 0 radical (unpaired) electrons. The van der Waals surface area contributed by atoms with Crippen LogP contribution in [0.25, 0.3) is 0 Å². The highest BCUT2D eigenvalue weighted by atomic mass is 28.2. The van der Waals surface area contributed by atoms with E-state index in [1.54, 1.807) is 0 Å². The molecular formula is C13H33N3Si. The van der Waals surface area contributed by atoms with E-state index in [4.69, 9.17) is 0 Å². The van der Waals surface area contributed by atoms with Gasteiger partial charge in [-0.05, 0) is 31.7 Å². The molecule has 0 aromatic heterocycles. The topological polar surface area (TPSA) is 18.5 Å². The van der Waals surface area contributed by atoms with Crippen LogP contribution in [0.3, 0.4) is 0 Å². The van der Waals surface area contributed by atoms with Gasteiger partial charge in [0.25, 0.3) is 0 Å². The second-order valence-electron chi connectivity index (χ2n) is 4.74. The molecule has 4 heteroatoms. The number of hydrogen-bond donors (Lipinski definition) is 1. The minimum atomic E-state index is -0.168. The molecule has 3 nitrogen and oxygen atoms in total. The molecule has 0 saturated heterocycles. The second-order valence-corrected chi connectivity index (χ2v) is 6.95. The number of nitrogens with zero attached hydrogens (tertiary/aromatic N) is 2. The summed E-state index contributed by atoms with van der Waals surface area (Å²) in [4.78, 5) is 8.93. The van der Waals surface area contributed by atoms with Crippen molar-refractivity contribution in [1.82, 2.24) is 14.8 Å². The lowest BCUT2D eigenvalue weighted by molar-refractivity contribution is 0.0476. The van der Waals surface area contributed by atoms with Crippen LogP contribution in [0, 0.1) is 0 Å². The van der Waals surface area contributed by atoms with E-state index in [0.29, 0.717) is 6.29 Å². The maximum absolute atomic E-state index is 3.87. The van der Waals surface area contributed by atoms with Gasteiger partial charge in [-0.2, -0.15) is 0 Å². The van der Waals surface area contributed by atoms with Crippen molar-refractivity contribution < 1.29 is 0 Å². The largest absolute Gasteiger partial charge is 0.316 e. The van der Waals surface area contributed by atoms with Gasteiger partial charge in [-0.25, -0.2) is 0 Å². The fourth-order valence-electron chi connectivity index (χ4n) is 2.08. The summed E-state index contributed by atoms with van der Waals surface area (Å²) in [6.07, 6.45) is 1.77. The molecule has 1 atom stereocenters. The molecule has 0 heterocycles. The van der Waals surface area contributed by atoms with Crippen LogP contribution in [0.1, 0.15) is 48.0 Å². The van der Waals surface area contributed by atoms with E-state index in [1.165, 1.54) is 6.42 Å². The van der Waals surface area contributed by atoms with Crippen molar-refractivity contribution in [3.63, 3.8) is 0 Å². The van der Waals surface area contributed by atoms with Crippen LogP contribution in [-0.2, 0) is 0 Å². The van der Waals surface area contributed by atoms with Gasteiger partial charge in [-0.15, -0.1) is 0 Å². The van der Waals surface area contributed by atoms with Gasteiger partial charge in [0, 0.05) is 0 Å². The van der Waals surface area contributed by atoms with Crippen LogP contribution in [0.2, 0.25) is 5.54 Å². The van der Waals surface area contributed by atoms with Crippen molar-refractivity contribution in [2.75, 3.05) is 26.2 Å². The minimum Gasteiger partial charge on any atom is -0.316 e. The molecule has 0 amide bonds. The van der Waals surface area contributed by atoms with Crippen LogP contribution in [-0.4, -0.2) is 51.9 Å². The average molecular weight is 260 g/mol. The molecule has 0 bridgehead atoms. The van der Waals surface area contributed by atoms with Crippen LogP contribution < -0.4 is 4.98 Å². The van der Waals surface area contributed by atoms with Gasteiger partial charge in [0.15, 0.2) is 0 Å². The van der Waals surface area contributed by atoms with E-state index in [9.17, 15) is 0 Å². The predicted octanol–water partition coefficient (Wildman–Crippen LogP) is 1.85. The monoisotopic (exact) mass is 259 g/mol. The zero-order valence-corrected chi connectivity index (χ0v) is 14.2. The zero-order valence-electron chi connectivity index (χ0n) is 12.8. The van der Waals surface area contributed by atoms with E-state index < -0.39 is 0 Å². The van der Waals surface area contributed by atoms with Crippen molar-refractivity contribution >= 4 is 9.68 Å². The lowest BCUT2D eigenvalue weighted by atomic mass is 10.4. The lowest BCUT2D eigenvalue weighted by Crippen LogP contribution is -2.57. The quantitative estimate of drug-likeness (QED) is 0.477. The summed E-state index contributed by atoms with van der Waals surface area (Å²) in [5.41, 5.74) is 0.892. The van der Waals surface area contributed by atoms with Gasteiger partial charge in [-0.1, -0.05) is 48.0 Å². The Morgan fingerprint density at radius 3 is 1.59 bits per heavy atom. The lowest BCUT2D eigenvalue weighted by Gasteiger charge is -2.39. The van der Waals surface area contributed by atoms with Crippen LogP contribution >= 0.6 is 0 Å². The predicted molar refractivity (Wildman–Crippen MR) is 81.0 cm³/mol. The molecule has 0 fully saturated rings. The smallest absolute Gasteiger partial charge is 0.110 e. The third kappa shape index (κ3) is 6.00. The third-order valence-corrected chi connectivity index (χ3v) is 5.54. The Balaban J connectivity index is 4.48. The standard InChI is InChI=1S/C13H33N3Si/c1-7-12(6)17-14-13(15(8-2)9-3)16(10-4)11-5/h12-14H,7-11,17H2,1-6H3. The first-order valence-corrected chi connectivity index (χ1v) is 8.88. The van der Waals surface area contributed by atoms with Gasteiger partial charge >= 0.3 is 0 Å². The molecule has 0 aliphatic heterocycles. The molecule has 1 unspecified atom stereocenters. The van der Waals surface area contributed by atoms with Crippen LogP contribution in [0.15, 0.2) is 0 Å². The van der Waals surface area contributed by atoms with Gasteiger partial charge in [0.1, 0.15) is 6.29 Å². The fourth-order valence-corrected chi connectivity index (χ4v) is 3.50. The summed E-state index contributed by atoms with van der Waals surface area (Å²) in [5, 5.41) is 0. The maximum atomic E-state index is 3.87. The van der Waals surface area contributed by atoms with Gasteiger partial charge in [0.05, 0.1) is 9.68 Å². The molecule has 0 aliphatic rings. The van der Waals surface area contributed by atoms with E-state index in [0.717, 1.165) is 31.7 Å². The van der Waals surface area contributed by atoms with Crippen molar-refractivity contribution in [1.29, 1.82) is 0 Å². The van der Waals surface area contributed by atoms with Gasteiger partial charge < -0.3 is 4.98 Å². The molecule has 0 aromatic rings.